The highest BCUT2D eigenvalue weighted by Gasteiger charge is 2.23. The van der Waals surface area contributed by atoms with Crippen molar-refractivity contribution < 1.29 is 4.42 Å². The minimum atomic E-state index is 0.529. The molecule has 0 aromatic carbocycles. The maximum Gasteiger partial charge on any atom is 0.197 e. The van der Waals surface area contributed by atoms with E-state index in [2.05, 4.69) is 18.8 Å². The number of rotatable bonds is 1. The Kier molecular flexibility index (Phi) is 3.90. The number of aryl methyl sites for hydroxylation is 1. The molecule has 1 fully saturated rings. The molecule has 1 aromatic rings. The monoisotopic (exact) mass is 235 g/mol. The summed E-state index contributed by atoms with van der Waals surface area (Å²) in [6.45, 7) is 6.82. The highest BCUT2D eigenvalue weighted by molar-refractivity contribution is 4.99. The lowest BCUT2D eigenvalue weighted by molar-refractivity contribution is 0.292. The molecular weight excluding hydrogens is 210 g/mol. The molecule has 0 spiro atoms. The lowest BCUT2D eigenvalue weighted by Crippen LogP contribution is -2.10. The number of hydrogen-bond acceptors (Lipinski definition) is 2. The van der Waals surface area contributed by atoms with Gasteiger partial charge in [0.2, 0.25) is 0 Å². The van der Waals surface area contributed by atoms with Crippen molar-refractivity contribution in [1.82, 2.24) is 4.98 Å². The zero-order valence-corrected chi connectivity index (χ0v) is 11.5. The van der Waals surface area contributed by atoms with Crippen LogP contribution in [0.1, 0.15) is 76.3 Å². The molecule has 0 amide bonds. The summed E-state index contributed by atoms with van der Waals surface area (Å²) in [6.07, 6.45) is 10.9. The summed E-state index contributed by atoms with van der Waals surface area (Å²) in [6, 6.07) is 0. The smallest absolute Gasteiger partial charge is 0.197 e. The van der Waals surface area contributed by atoms with Crippen LogP contribution in [0.25, 0.3) is 0 Å². The van der Waals surface area contributed by atoms with Gasteiger partial charge in [0.1, 0.15) is 6.26 Å². The van der Waals surface area contributed by atoms with Gasteiger partial charge >= 0.3 is 0 Å². The first kappa shape index (κ1) is 12.7. The fourth-order valence-corrected chi connectivity index (χ4v) is 2.90. The van der Waals surface area contributed by atoms with Crippen molar-refractivity contribution in [3.05, 3.63) is 17.8 Å². The van der Waals surface area contributed by atoms with Gasteiger partial charge in [-0.25, -0.2) is 4.98 Å². The summed E-state index contributed by atoms with van der Waals surface area (Å²) in [4.78, 5) is 4.51. The van der Waals surface area contributed by atoms with E-state index in [4.69, 9.17) is 4.42 Å². The zero-order chi connectivity index (χ0) is 12.3. The fourth-order valence-electron chi connectivity index (χ4n) is 2.90. The van der Waals surface area contributed by atoms with Crippen LogP contribution in [-0.4, -0.2) is 4.98 Å². The second-order valence-electron chi connectivity index (χ2n) is 6.33. The van der Waals surface area contributed by atoms with E-state index in [-0.39, 0.29) is 0 Å². The molecule has 2 rings (SSSR count). The molecule has 1 unspecified atom stereocenters. The van der Waals surface area contributed by atoms with E-state index in [0.717, 1.165) is 11.6 Å². The van der Waals surface area contributed by atoms with Gasteiger partial charge in [-0.15, -0.1) is 0 Å². The van der Waals surface area contributed by atoms with Crippen LogP contribution in [0, 0.1) is 12.3 Å². The lowest BCUT2D eigenvalue weighted by Gasteiger charge is -2.23. The number of aromatic nitrogens is 1. The van der Waals surface area contributed by atoms with Crippen molar-refractivity contribution in [1.29, 1.82) is 0 Å². The molecule has 0 saturated heterocycles. The molecule has 0 N–H and O–H groups in total. The van der Waals surface area contributed by atoms with Crippen LogP contribution >= 0.6 is 0 Å². The largest absolute Gasteiger partial charge is 0.448 e. The van der Waals surface area contributed by atoms with Crippen molar-refractivity contribution in [2.24, 2.45) is 5.41 Å². The van der Waals surface area contributed by atoms with Crippen LogP contribution in [-0.2, 0) is 0 Å². The standard InChI is InChI=1S/C15H25NO/c1-12-11-17-14(16-12)13-7-4-5-9-15(2,3)10-6-8-13/h11,13H,4-10H2,1-3H3. The van der Waals surface area contributed by atoms with Crippen molar-refractivity contribution in [2.75, 3.05) is 0 Å². The normalized spacial score (nSPS) is 25.9. The average molecular weight is 235 g/mol. The summed E-state index contributed by atoms with van der Waals surface area (Å²) in [5.74, 6) is 1.53. The van der Waals surface area contributed by atoms with Gasteiger partial charge in [-0.05, 0) is 38.0 Å². The Labute approximate surface area is 105 Å². The SMILES string of the molecule is Cc1coc(C2CCCCC(C)(C)CCC2)n1. The third-order valence-electron chi connectivity index (χ3n) is 4.05. The van der Waals surface area contributed by atoms with E-state index < -0.39 is 0 Å². The van der Waals surface area contributed by atoms with Gasteiger partial charge in [0, 0.05) is 5.92 Å². The van der Waals surface area contributed by atoms with E-state index >= 15 is 0 Å². The highest BCUT2D eigenvalue weighted by Crippen LogP contribution is 2.36. The molecule has 1 heterocycles. The molecule has 0 radical (unpaired) electrons. The molecule has 0 aliphatic heterocycles. The maximum atomic E-state index is 5.58. The Morgan fingerprint density at radius 3 is 2.59 bits per heavy atom. The summed E-state index contributed by atoms with van der Waals surface area (Å²) in [5, 5.41) is 0. The number of nitrogens with zero attached hydrogens (tertiary/aromatic N) is 1. The van der Waals surface area contributed by atoms with Gasteiger partial charge < -0.3 is 4.42 Å². The van der Waals surface area contributed by atoms with Crippen molar-refractivity contribution >= 4 is 0 Å². The number of oxazole rings is 1. The predicted octanol–water partition coefficient (Wildman–Crippen LogP) is 4.84. The Morgan fingerprint density at radius 2 is 1.88 bits per heavy atom. The molecule has 2 nitrogen and oxygen atoms in total. The molecule has 1 aliphatic carbocycles. The van der Waals surface area contributed by atoms with Gasteiger partial charge in [-0.2, -0.15) is 0 Å². The Bertz CT molecular complexity index is 354. The Hall–Kier alpha value is -0.790. The number of hydrogen-bond donors (Lipinski definition) is 0. The van der Waals surface area contributed by atoms with Crippen LogP contribution in [0.4, 0.5) is 0 Å². The first-order valence-corrected chi connectivity index (χ1v) is 6.99. The van der Waals surface area contributed by atoms with E-state index in [9.17, 15) is 0 Å². The summed E-state index contributed by atoms with van der Waals surface area (Å²) < 4.78 is 5.58. The predicted molar refractivity (Wildman–Crippen MR) is 70.1 cm³/mol. The van der Waals surface area contributed by atoms with Crippen molar-refractivity contribution in [2.45, 2.75) is 71.6 Å². The quantitative estimate of drug-likeness (QED) is 0.696. The van der Waals surface area contributed by atoms with Gasteiger partial charge in [-0.1, -0.05) is 33.1 Å². The first-order valence-electron chi connectivity index (χ1n) is 6.99. The molecule has 1 aromatic heterocycles. The second kappa shape index (κ2) is 5.24. The average Bonchev–Trinajstić information content (AvgIpc) is 2.69. The van der Waals surface area contributed by atoms with Crippen LogP contribution in [0.2, 0.25) is 0 Å². The molecule has 0 bridgehead atoms. The maximum absolute atomic E-state index is 5.58. The van der Waals surface area contributed by atoms with E-state index in [1.54, 1.807) is 6.26 Å². The summed E-state index contributed by atoms with van der Waals surface area (Å²) in [7, 11) is 0. The van der Waals surface area contributed by atoms with Crippen LogP contribution in [0.3, 0.4) is 0 Å². The zero-order valence-electron chi connectivity index (χ0n) is 11.5. The third-order valence-corrected chi connectivity index (χ3v) is 4.05. The Balaban J connectivity index is 2.00. The van der Waals surface area contributed by atoms with E-state index in [1.165, 1.54) is 44.9 Å². The van der Waals surface area contributed by atoms with Crippen LogP contribution < -0.4 is 0 Å². The minimum Gasteiger partial charge on any atom is -0.448 e. The highest BCUT2D eigenvalue weighted by atomic mass is 16.3. The lowest BCUT2D eigenvalue weighted by atomic mass is 9.83. The molecule has 17 heavy (non-hydrogen) atoms. The van der Waals surface area contributed by atoms with Crippen LogP contribution in [0.15, 0.2) is 10.7 Å². The first-order chi connectivity index (χ1) is 8.07. The molecule has 1 atom stereocenters. The molecule has 1 aliphatic rings. The summed E-state index contributed by atoms with van der Waals surface area (Å²) in [5.41, 5.74) is 1.54. The topological polar surface area (TPSA) is 26.0 Å². The minimum absolute atomic E-state index is 0.529. The third kappa shape index (κ3) is 3.58. The van der Waals surface area contributed by atoms with E-state index in [0.29, 0.717) is 11.3 Å². The van der Waals surface area contributed by atoms with Gasteiger partial charge in [-0.3, -0.25) is 0 Å². The molecule has 96 valence electrons. The fraction of sp³-hybridized carbons (Fsp3) is 0.800. The van der Waals surface area contributed by atoms with Gasteiger partial charge in [0.05, 0.1) is 5.69 Å². The second-order valence-corrected chi connectivity index (χ2v) is 6.33. The molecular formula is C15H25NO. The van der Waals surface area contributed by atoms with Crippen molar-refractivity contribution in [3.63, 3.8) is 0 Å². The summed E-state index contributed by atoms with van der Waals surface area (Å²) >= 11 is 0. The Morgan fingerprint density at radius 1 is 1.18 bits per heavy atom. The van der Waals surface area contributed by atoms with Gasteiger partial charge in [0.25, 0.3) is 0 Å². The molecule has 2 heteroatoms. The van der Waals surface area contributed by atoms with Crippen molar-refractivity contribution in [3.8, 4) is 0 Å². The van der Waals surface area contributed by atoms with Crippen LogP contribution in [0.5, 0.6) is 0 Å². The van der Waals surface area contributed by atoms with Gasteiger partial charge in [0.15, 0.2) is 5.89 Å². The molecule has 1 saturated carbocycles. The van der Waals surface area contributed by atoms with E-state index in [1.807, 2.05) is 6.92 Å².